The maximum atomic E-state index is 13.8. The van der Waals surface area contributed by atoms with Crippen LogP contribution in [0.2, 0.25) is 0 Å². The summed E-state index contributed by atoms with van der Waals surface area (Å²) in [5.74, 6) is -4.50. The molecule has 1 aliphatic heterocycles. The van der Waals surface area contributed by atoms with Gasteiger partial charge in [0.15, 0.2) is 0 Å². The molecule has 0 spiro atoms. The Bertz CT molecular complexity index is 564. The average molecular weight is 327 g/mol. The summed E-state index contributed by atoms with van der Waals surface area (Å²) in [7, 11) is 1.16. The Labute approximate surface area is 133 Å². The molecule has 0 aliphatic carbocycles. The lowest BCUT2D eigenvalue weighted by molar-refractivity contribution is -0.158. The van der Waals surface area contributed by atoms with Gasteiger partial charge in [0.1, 0.15) is 12.6 Å². The summed E-state index contributed by atoms with van der Waals surface area (Å²) in [6, 6.07) is 7.79. The quantitative estimate of drug-likeness (QED) is 0.801. The van der Waals surface area contributed by atoms with Crippen molar-refractivity contribution in [3.05, 3.63) is 35.9 Å². The number of piperidine rings is 1. The zero-order valence-corrected chi connectivity index (χ0v) is 13.0. The van der Waals surface area contributed by atoms with Crippen LogP contribution in [-0.2, 0) is 20.9 Å². The minimum absolute atomic E-state index is 0.0516. The molecule has 5 nitrogen and oxygen atoms in total. The molecule has 0 unspecified atom stereocenters. The predicted octanol–water partition coefficient (Wildman–Crippen LogP) is 2.84. The number of halogens is 2. The van der Waals surface area contributed by atoms with E-state index in [0.717, 1.165) is 17.6 Å². The molecule has 2 atom stereocenters. The van der Waals surface area contributed by atoms with E-state index in [1.54, 1.807) is 24.3 Å². The minimum atomic E-state index is -3.06. The van der Waals surface area contributed by atoms with Crippen molar-refractivity contribution < 1.29 is 27.8 Å². The van der Waals surface area contributed by atoms with Gasteiger partial charge in [-0.05, 0) is 11.5 Å². The fraction of sp³-hybridized carbons (Fsp3) is 0.500. The van der Waals surface area contributed by atoms with E-state index in [9.17, 15) is 18.4 Å². The molecule has 1 amide bonds. The number of methoxy groups -OCH3 is 1. The van der Waals surface area contributed by atoms with Crippen LogP contribution in [0.1, 0.15) is 18.9 Å². The van der Waals surface area contributed by atoms with Crippen molar-refractivity contribution in [2.75, 3.05) is 13.7 Å². The highest BCUT2D eigenvalue weighted by Crippen LogP contribution is 2.35. The van der Waals surface area contributed by atoms with Crippen LogP contribution in [-0.4, -0.2) is 42.6 Å². The number of ether oxygens (including phenoxy) is 2. The van der Waals surface area contributed by atoms with Crippen LogP contribution in [0.5, 0.6) is 0 Å². The lowest BCUT2D eigenvalue weighted by atomic mass is 9.89. The number of carbonyl (C=O) groups excluding carboxylic acids is 2. The van der Waals surface area contributed by atoms with Gasteiger partial charge >= 0.3 is 12.1 Å². The van der Waals surface area contributed by atoms with Gasteiger partial charge in [0.25, 0.3) is 5.92 Å². The SMILES string of the molecule is COC(=O)[C@@H]1[C@H](C)CC(F)(F)CN1C(=O)OCc1ccccc1. The number of alkyl halides is 2. The molecule has 1 saturated heterocycles. The molecule has 7 heteroatoms. The summed E-state index contributed by atoms with van der Waals surface area (Å²) in [5.41, 5.74) is 0.729. The van der Waals surface area contributed by atoms with Gasteiger partial charge in [0.05, 0.1) is 13.7 Å². The van der Waals surface area contributed by atoms with Crippen LogP contribution in [0.3, 0.4) is 0 Å². The number of carbonyl (C=O) groups is 2. The Morgan fingerprint density at radius 2 is 1.96 bits per heavy atom. The van der Waals surface area contributed by atoms with Crippen molar-refractivity contribution in [3.8, 4) is 0 Å². The maximum Gasteiger partial charge on any atom is 0.411 e. The molecule has 0 radical (unpaired) electrons. The van der Waals surface area contributed by atoms with E-state index >= 15 is 0 Å². The van der Waals surface area contributed by atoms with Gasteiger partial charge in [0, 0.05) is 6.42 Å². The smallest absolute Gasteiger partial charge is 0.411 e. The van der Waals surface area contributed by atoms with E-state index in [-0.39, 0.29) is 6.61 Å². The highest BCUT2D eigenvalue weighted by atomic mass is 19.3. The van der Waals surface area contributed by atoms with Crippen LogP contribution < -0.4 is 0 Å². The first kappa shape index (κ1) is 17.2. The molecular weight excluding hydrogens is 308 g/mol. The van der Waals surface area contributed by atoms with Crippen molar-refractivity contribution in [3.63, 3.8) is 0 Å². The Hall–Kier alpha value is -2.18. The Morgan fingerprint density at radius 3 is 2.57 bits per heavy atom. The summed E-state index contributed by atoms with van der Waals surface area (Å²) in [6.45, 7) is 0.584. The number of esters is 1. The summed E-state index contributed by atoms with van der Waals surface area (Å²) < 4.78 is 37.3. The van der Waals surface area contributed by atoms with Crippen molar-refractivity contribution in [1.29, 1.82) is 0 Å². The van der Waals surface area contributed by atoms with Crippen molar-refractivity contribution in [2.45, 2.75) is 31.9 Å². The maximum absolute atomic E-state index is 13.8. The van der Waals surface area contributed by atoms with Crippen LogP contribution in [0.15, 0.2) is 30.3 Å². The number of rotatable bonds is 3. The second-order valence-electron chi connectivity index (χ2n) is 5.67. The number of likely N-dealkylation sites (tertiary alicyclic amines) is 1. The fourth-order valence-corrected chi connectivity index (χ4v) is 2.76. The monoisotopic (exact) mass is 327 g/mol. The number of amides is 1. The molecule has 1 fully saturated rings. The minimum Gasteiger partial charge on any atom is -0.467 e. The van der Waals surface area contributed by atoms with Crippen molar-refractivity contribution >= 4 is 12.1 Å². The Balaban J connectivity index is 2.11. The molecule has 1 aromatic carbocycles. The molecule has 126 valence electrons. The van der Waals surface area contributed by atoms with Crippen molar-refractivity contribution in [1.82, 2.24) is 4.90 Å². The topological polar surface area (TPSA) is 55.8 Å². The zero-order valence-electron chi connectivity index (χ0n) is 13.0. The van der Waals surface area contributed by atoms with E-state index in [1.807, 2.05) is 6.07 Å². The van der Waals surface area contributed by atoms with Gasteiger partial charge in [-0.3, -0.25) is 4.90 Å². The van der Waals surface area contributed by atoms with Crippen molar-refractivity contribution in [2.24, 2.45) is 5.92 Å². The highest BCUT2D eigenvalue weighted by molar-refractivity contribution is 5.82. The molecule has 1 aliphatic rings. The molecule has 2 rings (SSSR count). The molecule has 1 heterocycles. The number of benzene rings is 1. The van der Waals surface area contributed by atoms with E-state index in [2.05, 4.69) is 4.74 Å². The van der Waals surface area contributed by atoms with Gasteiger partial charge in [0.2, 0.25) is 0 Å². The molecule has 1 aromatic rings. The zero-order chi connectivity index (χ0) is 17.0. The third-order valence-electron chi connectivity index (χ3n) is 3.78. The first-order chi connectivity index (χ1) is 10.8. The lowest BCUT2D eigenvalue weighted by Gasteiger charge is -2.40. The third kappa shape index (κ3) is 4.18. The summed E-state index contributed by atoms with van der Waals surface area (Å²) >= 11 is 0. The number of hydrogen-bond acceptors (Lipinski definition) is 4. The Kier molecular flexibility index (Phi) is 5.18. The molecule has 0 N–H and O–H groups in total. The van der Waals surface area contributed by atoms with Gasteiger partial charge in [-0.1, -0.05) is 37.3 Å². The summed E-state index contributed by atoms with van der Waals surface area (Å²) in [6.07, 6.45) is -1.43. The third-order valence-corrected chi connectivity index (χ3v) is 3.78. The van der Waals surface area contributed by atoms with E-state index in [4.69, 9.17) is 4.74 Å². The first-order valence-electron chi connectivity index (χ1n) is 7.27. The van der Waals surface area contributed by atoms with Crippen LogP contribution >= 0.6 is 0 Å². The van der Waals surface area contributed by atoms with Gasteiger partial charge in [-0.2, -0.15) is 0 Å². The lowest BCUT2D eigenvalue weighted by Crippen LogP contribution is -2.58. The number of nitrogens with zero attached hydrogens (tertiary/aromatic N) is 1. The fourth-order valence-electron chi connectivity index (χ4n) is 2.76. The predicted molar refractivity (Wildman–Crippen MR) is 77.9 cm³/mol. The van der Waals surface area contributed by atoms with Gasteiger partial charge < -0.3 is 9.47 Å². The second-order valence-corrected chi connectivity index (χ2v) is 5.67. The van der Waals surface area contributed by atoms with Gasteiger partial charge in [-0.25, -0.2) is 18.4 Å². The standard InChI is InChI=1S/C16H19F2NO4/c1-11-8-16(17,18)10-19(13(11)14(20)22-2)15(21)23-9-12-6-4-3-5-7-12/h3-7,11,13H,8-10H2,1-2H3/t11-,13+/m1/s1. The second kappa shape index (κ2) is 6.93. The molecular formula is C16H19F2NO4. The molecule has 0 aromatic heterocycles. The van der Waals surface area contributed by atoms with Crippen LogP contribution in [0.4, 0.5) is 13.6 Å². The van der Waals surface area contributed by atoms with E-state index < -0.39 is 42.9 Å². The van der Waals surface area contributed by atoms with Gasteiger partial charge in [-0.15, -0.1) is 0 Å². The Morgan fingerprint density at radius 1 is 1.30 bits per heavy atom. The van der Waals surface area contributed by atoms with Crippen LogP contribution in [0, 0.1) is 5.92 Å². The molecule has 23 heavy (non-hydrogen) atoms. The molecule has 0 bridgehead atoms. The largest absolute Gasteiger partial charge is 0.467 e. The molecule has 0 saturated carbocycles. The number of hydrogen-bond donors (Lipinski definition) is 0. The first-order valence-corrected chi connectivity index (χ1v) is 7.27. The highest BCUT2D eigenvalue weighted by Gasteiger charge is 2.49. The normalized spacial score (nSPS) is 23.2. The average Bonchev–Trinajstić information content (AvgIpc) is 2.51. The van der Waals surface area contributed by atoms with E-state index in [1.165, 1.54) is 6.92 Å². The summed E-state index contributed by atoms with van der Waals surface area (Å²) in [5, 5.41) is 0. The van der Waals surface area contributed by atoms with Crippen LogP contribution in [0.25, 0.3) is 0 Å². The summed E-state index contributed by atoms with van der Waals surface area (Å²) in [4.78, 5) is 24.8. The van der Waals surface area contributed by atoms with E-state index in [0.29, 0.717) is 0 Å².